The first-order valence-corrected chi connectivity index (χ1v) is 3.76. The summed E-state index contributed by atoms with van der Waals surface area (Å²) in [5.74, 6) is 0.529. The Bertz CT molecular complexity index is 159. The van der Waals surface area contributed by atoms with Crippen LogP contribution in [0, 0.1) is 5.92 Å². The standard InChI is InChI=1S/C8H15NO/c1-6(2)7-5-8(3,4)10-9-7/h6H,5H2,1-4H3. The molecule has 58 valence electrons. The summed E-state index contributed by atoms with van der Waals surface area (Å²) >= 11 is 0. The first-order valence-electron chi connectivity index (χ1n) is 3.76. The minimum Gasteiger partial charge on any atom is -0.389 e. The van der Waals surface area contributed by atoms with E-state index in [9.17, 15) is 0 Å². The van der Waals surface area contributed by atoms with Crippen LogP contribution >= 0.6 is 0 Å². The van der Waals surface area contributed by atoms with Crippen LogP contribution in [-0.4, -0.2) is 11.3 Å². The second-order valence-electron chi connectivity index (χ2n) is 3.77. The molecular formula is C8H15NO. The van der Waals surface area contributed by atoms with Crippen molar-refractivity contribution in [2.45, 2.75) is 39.7 Å². The average Bonchev–Trinajstić information content (AvgIpc) is 2.10. The predicted molar refractivity (Wildman–Crippen MR) is 42.1 cm³/mol. The van der Waals surface area contributed by atoms with E-state index in [2.05, 4.69) is 32.9 Å². The average molecular weight is 141 g/mol. The minimum atomic E-state index is -0.0559. The molecule has 0 fully saturated rings. The van der Waals surface area contributed by atoms with Gasteiger partial charge in [-0.15, -0.1) is 0 Å². The lowest BCUT2D eigenvalue weighted by atomic mass is 9.96. The van der Waals surface area contributed by atoms with Gasteiger partial charge in [0.2, 0.25) is 0 Å². The van der Waals surface area contributed by atoms with Crippen LogP contribution in [0.15, 0.2) is 5.16 Å². The highest BCUT2D eigenvalue weighted by Crippen LogP contribution is 2.25. The Hall–Kier alpha value is -0.530. The van der Waals surface area contributed by atoms with Crippen molar-refractivity contribution in [1.82, 2.24) is 0 Å². The van der Waals surface area contributed by atoms with Gasteiger partial charge < -0.3 is 4.84 Å². The SMILES string of the molecule is CC(C)C1=NOC(C)(C)C1. The smallest absolute Gasteiger partial charge is 0.137 e. The van der Waals surface area contributed by atoms with Crippen molar-refractivity contribution in [2.75, 3.05) is 0 Å². The zero-order valence-corrected chi connectivity index (χ0v) is 7.14. The Morgan fingerprint density at radius 3 is 2.30 bits per heavy atom. The molecule has 0 bridgehead atoms. The molecule has 2 nitrogen and oxygen atoms in total. The van der Waals surface area contributed by atoms with Crippen molar-refractivity contribution in [1.29, 1.82) is 0 Å². The maximum Gasteiger partial charge on any atom is 0.137 e. The maximum absolute atomic E-state index is 5.20. The Kier molecular flexibility index (Phi) is 1.71. The molecule has 1 aliphatic heterocycles. The third-order valence-corrected chi connectivity index (χ3v) is 1.68. The first-order chi connectivity index (χ1) is 4.51. The highest BCUT2D eigenvalue weighted by molar-refractivity contribution is 5.87. The summed E-state index contributed by atoms with van der Waals surface area (Å²) in [5, 5.41) is 4.00. The topological polar surface area (TPSA) is 21.6 Å². The van der Waals surface area contributed by atoms with Crippen molar-refractivity contribution in [3.8, 4) is 0 Å². The van der Waals surface area contributed by atoms with E-state index in [0.29, 0.717) is 5.92 Å². The van der Waals surface area contributed by atoms with Gasteiger partial charge in [0.05, 0.1) is 5.71 Å². The molecule has 0 atom stereocenters. The van der Waals surface area contributed by atoms with Crippen molar-refractivity contribution in [2.24, 2.45) is 11.1 Å². The molecular weight excluding hydrogens is 126 g/mol. The Morgan fingerprint density at radius 2 is 2.10 bits per heavy atom. The molecule has 0 N–H and O–H groups in total. The molecule has 0 amide bonds. The molecule has 1 heterocycles. The van der Waals surface area contributed by atoms with Crippen LogP contribution in [-0.2, 0) is 4.84 Å². The maximum atomic E-state index is 5.20. The molecule has 0 aromatic carbocycles. The van der Waals surface area contributed by atoms with E-state index in [4.69, 9.17) is 4.84 Å². The fourth-order valence-corrected chi connectivity index (χ4v) is 0.992. The van der Waals surface area contributed by atoms with Gasteiger partial charge in [-0.05, 0) is 19.8 Å². The van der Waals surface area contributed by atoms with Crippen LogP contribution in [0.4, 0.5) is 0 Å². The zero-order valence-electron chi connectivity index (χ0n) is 7.14. The van der Waals surface area contributed by atoms with E-state index < -0.39 is 0 Å². The van der Waals surface area contributed by atoms with Gasteiger partial charge in [0.25, 0.3) is 0 Å². The van der Waals surface area contributed by atoms with Crippen LogP contribution < -0.4 is 0 Å². The minimum absolute atomic E-state index is 0.0559. The van der Waals surface area contributed by atoms with E-state index in [1.54, 1.807) is 0 Å². The summed E-state index contributed by atoms with van der Waals surface area (Å²) in [6.45, 7) is 8.41. The number of oxime groups is 1. The molecule has 0 aromatic rings. The van der Waals surface area contributed by atoms with Crippen LogP contribution in [0.2, 0.25) is 0 Å². The summed E-state index contributed by atoms with van der Waals surface area (Å²) < 4.78 is 0. The summed E-state index contributed by atoms with van der Waals surface area (Å²) in [6, 6.07) is 0. The summed E-state index contributed by atoms with van der Waals surface area (Å²) in [5.41, 5.74) is 1.13. The van der Waals surface area contributed by atoms with Gasteiger partial charge in [-0.25, -0.2) is 0 Å². The Morgan fingerprint density at radius 1 is 1.50 bits per heavy atom. The molecule has 0 unspecified atom stereocenters. The van der Waals surface area contributed by atoms with Crippen LogP contribution in [0.5, 0.6) is 0 Å². The van der Waals surface area contributed by atoms with E-state index in [-0.39, 0.29) is 5.60 Å². The Labute approximate surface area is 62.3 Å². The fourth-order valence-electron chi connectivity index (χ4n) is 0.992. The highest BCUT2D eigenvalue weighted by atomic mass is 16.7. The quantitative estimate of drug-likeness (QED) is 0.548. The third kappa shape index (κ3) is 1.49. The van der Waals surface area contributed by atoms with E-state index in [1.807, 2.05) is 0 Å². The van der Waals surface area contributed by atoms with Gasteiger partial charge in [-0.1, -0.05) is 19.0 Å². The summed E-state index contributed by atoms with van der Waals surface area (Å²) in [6.07, 6.45) is 0.977. The number of hydrogen-bond donors (Lipinski definition) is 0. The molecule has 0 aromatic heterocycles. The van der Waals surface area contributed by atoms with Gasteiger partial charge >= 0.3 is 0 Å². The molecule has 1 rings (SSSR count). The molecule has 0 saturated heterocycles. The largest absolute Gasteiger partial charge is 0.389 e. The molecule has 0 radical (unpaired) electrons. The first kappa shape index (κ1) is 7.58. The third-order valence-electron chi connectivity index (χ3n) is 1.68. The molecule has 1 aliphatic rings. The van der Waals surface area contributed by atoms with Gasteiger partial charge in [-0.2, -0.15) is 0 Å². The lowest BCUT2D eigenvalue weighted by molar-refractivity contribution is 0.0123. The monoisotopic (exact) mass is 141 g/mol. The Balaban J connectivity index is 2.55. The second kappa shape index (κ2) is 2.26. The van der Waals surface area contributed by atoms with Crippen LogP contribution in [0.1, 0.15) is 34.1 Å². The van der Waals surface area contributed by atoms with E-state index in [1.165, 1.54) is 5.71 Å². The van der Waals surface area contributed by atoms with Gasteiger partial charge in [0.15, 0.2) is 0 Å². The lowest BCUT2D eigenvalue weighted by Crippen LogP contribution is -2.20. The molecule has 0 spiro atoms. The number of rotatable bonds is 1. The summed E-state index contributed by atoms with van der Waals surface area (Å²) in [4.78, 5) is 5.20. The predicted octanol–water partition coefficient (Wildman–Crippen LogP) is 2.20. The molecule has 2 heteroatoms. The van der Waals surface area contributed by atoms with Crippen molar-refractivity contribution in [3.05, 3.63) is 0 Å². The number of nitrogens with zero attached hydrogens (tertiary/aromatic N) is 1. The molecule has 0 aliphatic carbocycles. The van der Waals surface area contributed by atoms with Crippen molar-refractivity contribution in [3.63, 3.8) is 0 Å². The van der Waals surface area contributed by atoms with Crippen molar-refractivity contribution < 1.29 is 4.84 Å². The van der Waals surface area contributed by atoms with Crippen LogP contribution in [0.3, 0.4) is 0 Å². The van der Waals surface area contributed by atoms with Gasteiger partial charge in [0.1, 0.15) is 5.60 Å². The fraction of sp³-hybridized carbons (Fsp3) is 0.875. The summed E-state index contributed by atoms with van der Waals surface area (Å²) in [7, 11) is 0. The van der Waals surface area contributed by atoms with E-state index >= 15 is 0 Å². The molecule has 10 heavy (non-hydrogen) atoms. The highest BCUT2D eigenvalue weighted by Gasteiger charge is 2.29. The van der Waals surface area contributed by atoms with Gasteiger partial charge in [0, 0.05) is 6.42 Å². The van der Waals surface area contributed by atoms with Crippen LogP contribution in [0.25, 0.3) is 0 Å². The zero-order chi connectivity index (χ0) is 7.78. The molecule has 0 saturated carbocycles. The normalized spacial score (nSPS) is 22.7. The second-order valence-corrected chi connectivity index (χ2v) is 3.77. The van der Waals surface area contributed by atoms with Gasteiger partial charge in [-0.3, -0.25) is 0 Å². The lowest BCUT2D eigenvalue weighted by Gasteiger charge is -2.13. The number of hydrogen-bond acceptors (Lipinski definition) is 2. The van der Waals surface area contributed by atoms with Crippen molar-refractivity contribution >= 4 is 5.71 Å². The van der Waals surface area contributed by atoms with E-state index in [0.717, 1.165) is 6.42 Å².